The molecule has 0 amide bonds. The van der Waals surface area contributed by atoms with E-state index in [1.165, 1.54) is 57.9 Å². The molecule has 0 radical (unpaired) electrons. The van der Waals surface area contributed by atoms with Gasteiger partial charge in [0, 0.05) is 18.1 Å². The van der Waals surface area contributed by atoms with Gasteiger partial charge in [-0.1, -0.05) is 26.7 Å². The predicted octanol–water partition coefficient (Wildman–Crippen LogP) is 3.16. The Labute approximate surface area is 107 Å². The summed E-state index contributed by atoms with van der Waals surface area (Å²) in [5.41, 5.74) is 6.54. The molecule has 2 fully saturated rings. The summed E-state index contributed by atoms with van der Waals surface area (Å²) in [4.78, 5) is 2.82. The number of nitrogens with zero attached hydrogens (tertiary/aromatic N) is 1. The number of hydrogen-bond donors (Lipinski definition) is 1. The van der Waals surface area contributed by atoms with Crippen LogP contribution in [-0.4, -0.2) is 29.6 Å². The lowest BCUT2D eigenvalue weighted by atomic mass is 9.87. The van der Waals surface area contributed by atoms with Gasteiger partial charge < -0.3 is 5.73 Å². The fourth-order valence-electron chi connectivity index (χ4n) is 4.19. The fourth-order valence-corrected chi connectivity index (χ4v) is 4.19. The van der Waals surface area contributed by atoms with Crippen LogP contribution in [0, 0.1) is 5.92 Å². The minimum atomic E-state index is 0.361. The van der Waals surface area contributed by atoms with Gasteiger partial charge in [0.2, 0.25) is 0 Å². The third kappa shape index (κ3) is 2.68. The van der Waals surface area contributed by atoms with Crippen molar-refractivity contribution in [3.8, 4) is 0 Å². The molecule has 1 saturated heterocycles. The van der Waals surface area contributed by atoms with Gasteiger partial charge >= 0.3 is 0 Å². The highest BCUT2D eigenvalue weighted by molar-refractivity contribution is 5.01. The maximum Gasteiger partial charge on any atom is 0.0337 e. The summed E-state index contributed by atoms with van der Waals surface area (Å²) in [5.74, 6) is 0.878. The van der Waals surface area contributed by atoms with E-state index >= 15 is 0 Å². The summed E-state index contributed by atoms with van der Waals surface area (Å²) < 4.78 is 0. The molecule has 2 rings (SSSR count). The van der Waals surface area contributed by atoms with E-state index in [4.69, 9.17) is 5.73 Å². The van der Waals surface area contributed by atoms with Crippen LogP contribution in [0.3, 0.4) is 0 Å². The Kier molecular flexibility index (Phi) is 4.48. The van der Waals surface area contributed by atoms with E-state index in [1.54, 1.807) is 0 Å². The molecule has 3 unspecified atom stereocenters. The first-order chi connectivity index (χ1) is 8.22. The van der Waals surface area contributed by atoms with Crippen molar-refractivity contribution in [3.05, 3.63) is 0 Å². The highest BCUT2D eigenvalue weighted by Gasteiger charge is 2.44. The molecule has 1 aliphatic carbocycles. The number of piperidine rings is 1. The van der Waals surface area contributed by atoms with Gasteiger partial charge in [-0.15, -0.1) is 0 Å². The van der Waals surface area contributed by atoms with Crippen LogP contribution in [0.15, 0.2) is 0 Å². The molecule has 2 aliphatic rings. The summed E-state index contributed by atoms with van der Waals surface area (Å²) in [5, 5.41) is 0. The molecule has 1 heterocycles. The van der Waals surface area contributed by atoms with Crippen molar-refractivity contribution in [1.29, 1.82) is 0 Å². The van der Waals surface area contributed by atoms with E-state index in [9.17, 15) is 0 Å². The molecule has 17 heavy (non-hydrogen) atoms. The minimum Gasteiger partial charge on any atom is -0.329 e. The molecular weight excluding hydrogens is 208 g/mol. The largest absolute Gasteiger partial charge is 0.329 e. The zero-order valence-corrected chi connectivity index (χ0v) is 11.8. The third-order valence-corrected chi connectivity index (χ3v) is 5.07. The topological polar surface area (TPSA) is 29.3 Å². The molecule has 0 aromatic heterocycles. The average Bonchev–Trinajstić information content (AvgIpc) is 2.73. The lowest BCUT2D eigenvalue weighted by molar-refractivity contribution is 0.0194. The van der Waals surface area contributed by atoms with Crippen LogP contribution >= 0.6 is 0 Å². The van der Waals surface area contributed by atoms with Crippen molar-refractivity contribution >= 4 is 0 Å². The normalized spacial score (nSPS) is 39.7. The number of rotatable bonds is 4. The van der Waals surface area contributed by atoms with Crippen LogP contribution in [-0.2, 0) is 0 Å². The van der Waals surface area contributed by atoms with E-state index in [0.29, 0.717) is 5.54 Å². The quantitative estimate of drug-likeness (QED) is 0.815. The summed E-state index contributed by atoms with van der Waals surface area (Å²) >= 11 is 0. The minimum absolute atomic E-state index is 0.361. The van der Waals surface area contributed by atoms with Crippen molar-refractivity contribution in [1.82, 2.24) is 4.90 Å². The Morgan fingerprint density at radius 2 is 2.12 bits per heavy atom. The maximum absolute atomic E-state index is 6.18. The predicted molar refractivity (Wildman–Crippen MR) is 74.1 cm³/mol. The van der Waals surface area contributed by atoms with Gasteiger partial charge in [-0.3, -0.25) is 4.90 Å². The summed E-state index contributed by atoms with van der Waals surface area (Å²) in [6.45, 7) is 6.89. The molecule has 0 aromatic carbocycles. The zero-order chi connectivity index (χ0) is 12.3. The van der Waals surface area contributed by atoms with E-state index in [2.05, 4.69) is 18.7 Å². The van der Waals surface area contributed by atoms with Crippen LogP contribution in [0.2, 0.25) is 0 Å². The molecule has 2 nitrogen and oxygen atoms in total. The molecule has 0 spiro atoms. The van der Waals surface area contributed by atoms with Gasteiger partial charge in [-0.05, 0) is 51.0 Å². The third-order valence-electron chi connectivity index (χ3n) is 5.07. The summed E-state index contributed by atoms with van der Waals surface area (Å²) in [6.07, 6.45) is 11.0. The molecule has 0 bridgehead atoms. The molecule has 3 atom stereocenters. The zero-order valence-electron chi connectivity index (χ0n) is 11.8. The van der Waals surface area contributed by atoms with Crippen molar-refractivity contribution in [2.45, 2.75) is 76.8 Å². The first-order valence-electron chi connectivity index (χ1n) is 7.68. The Bertz CT molecular complexity index is 239. The number of hydrogen-bond acceptors (Lipinski definition) is 2. The lowest BCUT2D eigenvalue weighted by Gasteiger charge is -2.48. The summed E-state index contributed by atoms with van der Waals surface area (Å²) in [6, 6.07) is 0.822. The molecular formula is C15H30N2. The Morgan fingerprint density at radius 3 is 2.71 bits per heavy atom. The smallest absolute Gasteiger partial charge is 0.0337 e. The van der Waals surface area contributed by atoms with Gasteiger partial charge in [0.1, 0.15) is 0 Å². The Morgan fingerprint density at radius 1 is 1.29 bits per heavy atom. The second-order valence-electron chi connectivity index (χ2n) is 6.41. The van der Waals surface area contributed by atoms with Gasteiger partial charge in [0.15, 0.2) is 0 Å². The molecule has 100 valence electrons. The Balaban J connectivity index is 2.10. The summed E-state index contributed by atoms with van der Waals surface area (Å²) in [7, 11) is 0. The van der Waals surface area contributed by atoms with Crippen LogP contribution < -0.4 is 5.73 Å². The molecule has 1 aliphatic heterocycles. The second kappa shape index (κ2) is 5.71. The second-order valence-corrected chi connectivity index (χ2v) is 6.41. The average molecular weight is 238 g/mol. The van der Waals surface area contributed by atoms with Gasteiger partial charge in [0.25, 0.3) is 0 Å². The Hall–Kier alpha value is -0.0800. The van der Waals surface area contributed by atoms with E-state index in [0.717, 1.165) is 18.5 Å². The highest BCUT2D eigenvalue weighted by Crippen LogP contribution is 2.41. The van der Waals surface area contributed by atoms with E-state index < -0.39 is 0 Å². The van der Waals surface area contributed by atoms with Crippen LogP contribution in [0.4, 0.5) is 0 Å². The van der Waals surface area contributed by atoms with Gasteiger partial charge in [-0.2, -0.15) is 0 Å². The van der Waals surface area contributed by atoms with Crippen molar-refractivity contribution < 1.29 is 0 Å². The van der Waals surface area contributed by atoms with Crippen molar-refractivity contribution in [2.75, 3.05) is 13.1 Å². The maximum atomic E-state index is 6.18. The fraction of sp³-hybridized carbons (Fsp3) is 1.00. The van der Waals surface area contributed by atoms with Gasteiger partial charge in [0.05, 0.1) is 0 Å². The number of likely N-dealkylation sites (tertiary alicyclic amines) is 1. The standard InChI is InChI=1S/C15H30N2/c1-3-6-14-7-4-5-10-17(14)15(12-16)9-8-13(2)11-15/h13-14H,3-12,16H2,1-2H3. The first-order valence-corrected chi connectivity index (χ1v) is 7.68. The van der Waals surface area contributed by atoms with Crippen LogP contribution in [0.5, 0.6) is 0 Å². The van der Waals surface area contributed by atoms with E-state index in [1.807, 2.05) is 0 Å². The SMILES string of the molecule is CCCC1CCCCN1C1(CN)CCC(C)C1. The lowest BCUT2D eigenvalue weighted by Crippen LogP contribution is -2.58. The molecule has 2 heteroatoms. The monoisotopic (exact) mass is 238 g/mol. The number of nitrogens with two attached hydrogens (primary N) is 1. The highest BCUT2D eigenvalue weighted by atomic mass is 15.2. The molecule has 2 N–H and O–H groups in total. The van der Waals surface area contributed by atoms with E-state index in [-0.39, 0.29) is 0 Å². The molecule has 0 aromatic rings. The van der Waals surface area contributed by atoms with Crippen LogP contribution in [0.25, 0.3) is 0 Å². The molecule has 1 saturated carbocycles. The van der Waals surface area contributed by atoms with Crippen molar-refractivity contribution in [3.63, 3.8) is 0 Å². The first kappa shape index (κ1) is 13.4. The van der Waals surface area contributed by atoms with Crippen LogP contribution in [0.1, 0.15) is 65.2 Å². The van der Waals surface area contributed by atoms with Gasteiger partial charge in [-0.25, -0.2) is 0 Å². The van der Waals surface area contributed by atoms with Crippen molar-refractivity contribution in [2.24, 2.45) is 11.7 Å².